The van der Waals surface area contributed by atoms with Crippen LogP contribution in [0, 0.1) is 21.8 Å². The first-order valence-corrected chi connectivity index (χ1v) is 6.56. The predicted molar refractivity (Wildman–Crippen MR) is 73.3 cm³/mol. The topological polar surface area (TPSA) is 55.2 Å². The Labute approximate surface area is 114 Å². The average molecular weight is 319 g/mol. The first-order valence-electron chi connectivity index (χ1n) is 5.76. The highest BCUT2D eigenvalue weighted by molar-refractivity contribution is 9.10. The molecule has 0 saturated carbocycles. The summed E-state index contributed by atoms with van der Waals surface area (Å²) in [6.45, 7) is 6.06. The summed E-state index contributed by atoms with van der Waals surface area (Å²) >= 11 is 3.04. The molecule has 1 aromatic carbocycles. The summed E-state index contributed by atoms with van der Waals surface area (Å²) in [6.07, 6.45) is 0.963. The summed E-state index contributed by atoms with van der Waals surface area (Å²) in [7, 11) is 0. The van der Waals surface area contributed by atoms with E-state index >= 15 is 0 Å². The third-order valence-corrected chi connectivity index (χ3v) is 3.72. The number of hydrogen-bond acceptors (Lipinski definition) is 3. The van der Waals surface area contributed by atoms with Gasteiger partial charge in [-0.2, -0.15) is 0 Å². The van der Waals surface area contributed by atoms with Crippen LogP contribution in [0.1, 0.15) is 27.2 Å². The third kappa shape index (κ3) is 3.41. The van der Waals surface area contributed by atoms with Gasteiger partial charge in [-0.1, -0.05) is 20.3 Å². The maximum Gasteiger partial charge on any atom is 0.295 e. The molecule has 2 atom stereocenters. The molecule has 0 aromatic heterocycles. The minimum absolute atomic E-state index is 0.0751. The Morgan fingerprint density at radius 1 is 1.50 bits per heavy atom. The monoisotopic (exact) mass is 318 g/mol. The van der Waals surface area contributed by atoms with E-state index in [1.54, 1.807) is 0 Å². The Hall–Kier alpha value is -1.17. The smallest absolute Gasteiger partial charge is 0.295 e. The molecule has 0 amide bonds. The molecule has 1 N–H and O–H groups in total. The van der Waals surface area contributed by atoms with E-state index in [1.165, 1.54) is 6.07 Å². The maximum absolute atomic E-state index is 13.3. The first-order chi connectivity index (χ1) is 8.36. The molecule has 1 rings (SSSR count). The van der Waals surface area contributed by atoms with Gasteiger partial charge in [0.25, 0.3) is 5.69 Å². The van der Waals surface area contributed by atoms with E-state index in [1.807, 2.05) is 6.92 Å². The second-order valence-electron chi connectivity index (χ2n) is 4.36. The lowest BCUT2D eigenvalue weighted by Crippen LogP contribution is -2.23. The molecule has 0 aliphatic rings. The van der Waals surface area contributed by atoms with E-state index in [-0.39, 0.29) is 16.2 Å². The van der Waals surface area contributed by atoms with E-state index in [0.29, 0.717) is 11.6 Å². The van der Waals surface area contributed by atoms with E-state index in [9.17, 15) is 14.5 Å². The fourth-order valence-electron chi connectivity index (χ4n) is 1.54. The number of halogens is 2. The molecule has 0 aliphatic carbocycles. The number of nitrogens with one attached hydrogen (secondary N) is 1. The van der Waals surface area contributed by atoms with Crippen LogP contribution in [0.15, 0.2) is 16.6 Å². The number of nitro groups is 1. The van der Waals surface area contributed by atoms with Crippen molar-refractivity contribution >= 4 is 27.3 Å². The SMILES string of the molecule is CCC(C)C(C)Nc1cc(Br)c(F)cc1[N+](=O)[O-]. The van der Waals surface area contributed by atoms with Crippen molar-refractivity contribution in [2.24, 2.45) is 5.92 Å². The summed E-state index contributed by atoms with van der Waals surface area (Å²) in [6, 6.07) is 2.41. The molecule has 1 aromatic rings. The van der Waals surface area contributed by atoms with Gasteiger partial charge in [-0.05, 0) is 34.8 Å². The molecule has 18 heavy (non-hydrogen) atoms. The van der Waals surface area contributed by atoms with Gasteiger partial charge in [-0.25, -0.2) is 4.39 Å². The lowest BCUT2D eigenvalue weighted by Gasteiger charge is -2.21. The molecule has 4 nitrogen and oxygen atoms in total. The molecule has 0 aliphatic heterocycles. The van der Waals surface area contributed by atoms with Crippen molar-refractivity contribution in [1.82, 2.24) is 0 Å². The maximum atomic E-state index is 13.3. The molecule has 0 bridgehead atoms. The van der Waals surface area contributed by atoms with Crippen molar-refractivity contribution in [1.29, 1.82) is 0 Å². The fraction of sp³-hybridized carbons (Fsp3) is 0.500. The van der Waals surface area contributed by atoms with Crippen LogP contribution < -0.4 is 5.32 Å². The average Bonchev–Trinajstić information content (AvgIpc) is 2.31. The molecule has 100 valence electrons. The van der Waals surface area contributed by atoms with Crippen LogP contribution in [0.25, 0.3) is 0 Å². The highest BCUT2D eigenvalue weighted by Crippen LogP contribution is 2.31. The van der Waals surface area contributed by atoms with E-state index in [2.05, 4.69) is 35.1 Å². The van der Waals surface area contributed by atoms with Crippen LogP contribution >= 0.6 is 15.9 Å². The quantitative estimate of drug-likeness (QED) is 0.649. The molecule has 0 heterocycles. The normalized spacial score (nSPS) is 14.1. The molecule has 0 saturated heterocycles. The lowest BCUT2D eigenvalue weighted by molar-refractivity contribution is -0.384. The number of hydrogen-bond donors (Lipinski definition) is 1. The minimum atomic E-state index is -0.636. The van der Waals surface area contributed by atoms with Gasteiger partial charge in [0.2, 0.25) is 0 Å². The van der Waals surface area contributed by atoms with Crippen molar-refractivity contribution in [3.05, 3.63) is 32.5 Å². The summed E-state index contributed by atoms with van der Waals surface area (Å²) in [5, 5.41) is 14.0. The van der Waals surface area contributed by atoms with Gasteiger partial charge < -0.3 is 5.32 Å². The zero-order chi connectivity index (χ0) is 13.9. The fourth-order valence-corrected chi connectivity index (χ4v) is 1.89. The highest BCUT2D eigenvalue weighted by atomic mass is 79.9. The van der Waals surface area contributed by atoms with Crippen molar-refractivity contribution in [3.8, 4) is 0 Å². The molecular formula is C12H16BrFN2O2. The van der Waals surface area contributed by atoms with Gasteiger partial charge in [0.15, 0.2) is 0 Å². The molecule has 0 spiro atoms. The number of anilines is 1. The van der Waals surface area contributed by atoms with E-state index < -0.39 is 10.7 Å². The Kier molecular flexibility index (Phi) is 5.07. The highest BCUT2D eigenvalue weighted by Gasteiger charge is 2.20. The van der Waals surface area contributed by atoms with Crippen molar-refractivity contribution < 1.29 is 9.31 Å². The van der Waals surface area contributed by atoms with Crippen LogP contribution in [0.5, 0.6) is 0 Å². The largest absolute Gasteiger partial charge is 0.377 e. The Morgan fingerprint density at radius 3 is 2.61 bits per heavy atom. The zero-order valence-electron chi connectivity index (χ0n) is 10.5. The van der Waals surface area contributed by atoms with Gasteiger partial charge in [-0.15, -0.1) is 0 Å². The molecule has 2 unspecified atom stereocenters. The Bertz CT molecular complexity index is 454. The van der Waals surface area contributed by atoms with Crippen LogP contribution in [0.4, 0.5) is 15.8 Å². The third-order valence-electron chi connectivity index (χ3n) is 3.12. The van der Waals surface area contributed by atoms with Crippen molar-refractivity contribution in [2.45, 2.75) is 33.2 Å². The Morgan fingerprint density at radius 2 is 2.11 bits per heavy atom. The zero-order valence-corrected chi connectivity index (χ0v) is 12.1. The van der Waals surface area contributed by atoms with Crippen LogP contribution in [-0.2, 0) is 0 Å². The van der Waals surface area contributed by atoms with Gasteiger partial charge in [0.1, 0.15) is 11.5 Å². The number of rotatable bonds is 5. The molecule has 6 heteroatoms. The lowest BCUT2D eigenvalue weighted by atomic mass is 10.0. The van der Waals surface area contributed by atoms with Gasteiger partial charge in [-0.3, -0.25) is 10.1 Å². The van der Waals surface area contributed by atoms with Gasteiger partial charge >= 0.3 is 0 Å². The summed E-state index contributed by atoms with van der Waals surface area (Å²) in [5.74, 6) is -0.267. The number of benzene rings is 1. The van der Waals surface area contributed by atoms with Crippen LogP contribution in [-0.4, -0.2) is 11.0 Å². The minimum Gasteiger partial charge on any atom is -0.377 e. The van der Waals surface area contributed by atoms with E-state index in [4.69, 9.17) is 0 Å². The summed E-state index contributed by atoms with van der Waals surface area (Å²) < 4.78 is 13.5. The Balaban J connectivity index is 3.07. The standard InChI is InChI=1S/C12H16BrFN2O2/c1-4-7(2)8(3)15-11-5-9(13)10(14)6-12(11)16(17)18/h5-8,15H,4H2,1-3H3. The summed E-state index contributed by atoms with van der Waals surface area (Å²) in [5.41, 5.74) is 0.0897. The van der Waals surface area contributed by atoms with Crippen LogP contribution in [0.2, 0.25) is 0 Å². The van der Waals surface area contributed by atoms with Crippen molar-refractivity contribution in [3.63, 3.8) is 0 Å². The second kappa shape index (κ2) is 6.13. The summed E-state index contributed by atoms with van der Waals surface area (Å²) in [4.78, 5) is 10.3. The predicted octanol–water partition coefficient (Wildman–Crippen LogP) is 4.34. The molecule has 0 fully saturated rings. The van der Waals surface area contributed by atoms with Gasteiger partial charge in [0.05, 0.1) is 15.5 Å². The second-order valence-corrected chi connectivity index (χ2v) is 5.21. The van der Waals surface area contributed by atoms with Gasteiger partial charge in [0, 0.05) is 6.04 Å². The van der Waals surface area contributed by atoms with E-state index in [0.717, 1.165) is 12.5 Å². The molecular weight excluding hydrogens is 303 g/mol. The first kappa shape index (κ1) is 14.9. The number of nitro benzene ring substituents is 1. The number of nitrogens with zero attached hydrogens (tertiary/aromatic N) is 1. The van der Waals surface area contributed by atoms with Crippen LogP contribution in [0.3, 0.4) is 0 Å². The molecule has 0 radical (unpaired) electrons. The van der Waals surface area contributed by atoms with Crippen molar-refractivity contribution in [2.75, 3.05) is 5.32 Å².